The van der Waals surface area contributed by atoms with Gasteiger partial charge in [0, 0.05) is 20.5 Å². The number of aliphatic hydroxyl groups is 1. The van der Waals surface area contributed by atoms with E-state index in [4.69, 9.17) is 23.7 Å². The fourth-order valence-electron chi connectivity index (χ4n) is 3.45. The standard InChI is InChI=1S/C22H32O7/c1-5-9-18(24)21(27-14-25-4)22-20(26-13-17-10-7-6-8-11-17)12-19(29-22)15(2)28-16(3)23/h5-8,10-11,15,18-22,24H,1,9,12-14H2,2-4H3/t15-,18+,19+,20-,21+,22+/m0/s1. The summed E-state index contributed by atoms with van der Waals surface area (Å²) in [5.41, 5.74) is 1.03. The second-order valence-electron chi connectivity index (χ2n) is 7.15. The first kappa shape index (κ1) is 23.5. The molecule has 6 atom stereocenters. The van der Waals surface area contributed by atoms with Gasteiger partial charge in [-0.25, -0.2) is 0 Å². The van der Waals surface area contributed by atoms with Crippen LogP contribution in [0, 0.1) is 0 Å². The molecule has 1 aromatic carbocycles. The summed E-state index contributed by atoms with van der Waals surface area (Å²) in [6, 6.07) is 9.81. The van der Waals surface area contributed by atoms with Crippen LogP contribution >= 0.6 is 0 Å². The van der Waals surface area contributed by atoms with Crippen LogP contribution in [0.1, 0.15) is 32.3 Å². The number of esters is 1. The number of hydrogen-bond acceptors (Lipinski definition) is 7. The third-order valence-corrected chi connectivity index (χ3v) is 4.83. The molecule has 2 rings (SSSR count). The van der Waals surface area contributed by atoms with Gasteiger partial charge in [-0.2, -0.15) is 0 Å². The summed E-state index contributed by atoms with van der Waals surface area (Å²) in [6.07, 6.45) is -0.743. The summed E-state index contributed by atoms with van der Waals surface area (Å²) >= 11 is 0. The average Bonchev–Trinajstić information content (AvgIpc) is 3.11. The maximum absolute atomic E-state index is 11.4. The van der Waals surface area contributed by atoms with Crippen molar-refractivity contribution >= 4 is 5.97 Å². The molecule has 0 unspecified atom stereocenters. The Labute approximate surface area is 172 Å². The molecule has 1 heterocycles. The van der Waals surface area contributed by atoms with Crippen LogP contribution in [0.15, 0.2) is 43.0 Å². The van der Waals surface area contributed by atoms with Crippen LogP contribution < -0.4 is 0 Å². The van der Waals surface area contributed by atoms with Crippen molar-refractivity contribution in [2.24, 2.45) is 0 Å². The van der Waals surface area contributed by atoms with Crippen molar-refractivity contribution in [2.75, 3.05) is 13.9 Å². The summed E-state index contributed by atoms with van der Waals surface area (Å²) in [7, 11) is 1.52. The highest BCUT2D eigenvalue weighted by Crippen LogP contribution is 2.32. The monoisotopic (exact) mass is 408 g/mol. The Balaban J connectivity index is 2.16. The Morgan fingerprint density at radius 2 is 2.10 bits per heavy atom. The molecule has 162 valence electrons. The predicted molar refractivity (Wildman–Crippen MR) is 107 cm³/mol. The van der Waals surface area contributed by atoms with Gasteiger partial charge in [0.05, 0.1) is 24.9 Å². The van der Waals surface area contributed by atoms with Crippen molar-refractivity contribution in [3.63, 3.8) is 0 Å². The van der Waals surface area contributed by atoms with Crippen LogP contribution in [-0.4, -0.2) is 61.6 Å². The Bertz CT molecular complexity index is 621. The lowest BCUT2D eigenvalue weighted by atomic mass is 9.99. The van der Waals surface area contributed by atoms with Crippen LogP contribution in [0.4, 0.5) is 0 Å². The summed E-state index contributed by atoms with van der Waals surface area (Å²) in [5, 5.41) is 10.6. The lowest BCUT2D eigenvalue weighted by Gasteiger charge is -2.31. The molecule has 0 amide bonds. The minimum Gasteiger partial charge on any atom is -0.460 e. The highest BCUT2D eigenvalue weighted by molar-refractivity contribution is 5.66. The van der Waals surface area contributed by atoms with Gasteiger partial charge in [-0.15, -0.1) is 6.58 Å². The highest BCUT2D eigenvalue weighted by Gasteiger charge is 2.46. The van der Waals surface area contributed by atoms with Crippen LogP contribution in [-0.2, 0) is 35.1 Å². The molecule has 1 N–H and O–H groups in total. The van der Waals surface area contributed by atoms with E-state index in [2.05, 4.69) is 6.58 Å². The van der Waals surface area contributed by atoms with Gasteiger partial charge in [0.2, 0.25) is 0 Å². The number of carbonyl (C=O) groups excluding carboxylic acids is 1. The molecular formula is C22H32O7. The predicted octanol–water partition coefficient (Wildman–Crippen LogP) is 2.61. The van der Waals surface area contributed by atoms with E-state index in [9.17, 15) is 9.90 Å². The molecule has 1 aliphatic heterocycles. The van der Waals surface area contributed by atoms with Crippen LogP contribution in [0.3, 0.4) is 0 Å². The Kier molecular flexibility index (Phi) is 9.76. The summed E-state index contributed by atoms with van der Waals surface area (Å²) in [4.78, 5) is 11.4. The third kappa shape index (κ3) is 7.21. The topological polar surface area (TPSA) is 83.5 Å². The lowest BCUT2D eigenvalue weighted by molar-refractivity contribution is -0.187. The first-order valence-electron chi connectivity index (χ1n) is 9.84. The van der Waals surface area contributed by atoms with E-state index in [1.165, 1.54) is 14.0 Å². The zero-order valence-electron chi connectivity index (χ0n) is 17.4. The second kappa shape index (κ2) is 12.0. The van der Waals surface area contributed by atoms with E-state index in [0.717, 1.165) is 5.56 Å². The largest absolute Gasteiger partial charge is 0.460 e. The minimum absolute atomic E-state index is 0.00824. The molecule has 7 nitrogen and oxygen atoms in total. The fraction of sp³-hybridized carbons (Fsp3) is 0.591. The van der Waals surface area contributed by atoms with Crippen molar-refractivity contribution < 1.29 is 33.6 Å². The average molecular weight is 408 g/mol. The number of aliphatic hydroxyl groups excluding tert-OH is 1. The molecule has 1 aromatic rings. The number of ether oxygens (including phenoxy) is 5. The van der Waals surface area contributed by atoms with Gasteiger partial charge in [0.1, 0.15) is 25.1 Å². The smallest absolute Gasteiger partial charge is 0.302 e. The molecule has 1 saturated heterocycles. The van der Waals surface area contributed by atoms with Crippen LogP contribution in [0.2, 0.25) is 0 Å². The van der Waals surface area contributed by atoms with E-state index in [1.807, 2.05) is 30.3 Å². The number of rotatable bonds is 12. The van der Waals surface area contributed by atoms with Gasteiger partial charge in [-0.1, -0.05) is 36.4 Å². The maximum Gasteiger partial charge on any atom is 0.302 e. The van der Waals surface area contributed by atoms with E-state index in [1.54, 1.807) is 13.0 Å². The zero-order chi connectivity index (χ0) is 21.2. The minimum atomic E-state index is -0.835. The van der Waals surface area contributed by atoms with Gasteiger partial charge in [0.25, 0.3) is 0 Å². The molecule has 7 heteroatoms. The van der Waals surface area contributed by atoms with Crippen molar-refractivity contribution in [2.45, 2.75) is 69.9 Å². The first-order chi connectivity index (χ1) is 14.0. The van der Waals surface area contributed by atoms with Gasteiger partial charge < -0.3 is 28.8 Å². The number of benzene rings is 1. The third-order valence-electron chi connectivity index (χ3n) is 4.83. The van der Waals surface area contributed by atoms with Crippen molar-refractivity contribution in [3.8, 4) is 0 Å². The van der Waals surface area contributed by atoms with Gasteiger partial charge in [-0.3, -0.25) is 4.79 Å². The molecule has 0 aliphatic carbocycles. The van der Waals surface area contributed by atoms with Crippen LogP contribution in [0.5, 0.6) is 0 Å². The van der Waals surface area contributed by atoms with Crippen molar-refractivity contribution in [3.05, 3.63) is 48.6 Å². The van der Waals surface area contributed by atoms with E-state index in [0.29, 0.717) is 19.4 Å². The van der Waals surface area contributed by atoms with Gasteiger partial charge in [-0.05, 0) is 18.9 Å². The highest BCUT2D eigenvalue weighted by atomic mass is 16.7. The molecule has 0 aromatic heterocycles. The number of hydrogen-bond donors (Lipinski definition) is 1. The molecule has 1 aliphatic rings. The molecule has 1 fully saturated rings. The molecule has 29 heavy (non-hydrogen) atoms. The second-order valence-corrected chi connectivity index (χ2v) is 7.15. The van der Waals surface area contributed by atoms with E-state index in [-0.39, 0.29) is 25.0 Å². The van der Waals surface area contributed by atoms with Gasteiger partial charge in [0.15, 0.2) is 0 Å². The van der Waals surface area contributed by atoms with E-state index < -0.39 is 24.4 Å². The lowest BCUT2D eigenvalue weighted by Crippen LogP contribution is -2.46. The fourth-order valence-corrected chi connectivity index (χ4v) is 3.45. The van der Waals surface area contributed by atoms with Crippen molar-refractivity contribution in [1.29, 1.82) is 0 Å². The molecule has 0 bridgehead atoms. The Morgan fingerprint density at radius 3 is 2.72 bits per heavy atom. The zero-order valence-corrected chi connectivity index (χ0v) is 17.4. The molecule has 0 spiro atoms. The quantitative estimate of drug-likeness (QED) is 0.323. The number of carbonyl (C=O) groups is 1. The maximum atomic E-state index is 11.4. The molecular weight excluding hydrogens is 376 g/mol. The Hall–Kier alpha value is -1.77. The van der Waals surface area contributed by atoms with Gasteiger partial charge >= 0.3 is 5.97 Å². The van der Waals surface area contributed by atoms with E-state index >= 15 is 0 Å². The number of methoxy groups -OCH3 is 1. The summed E-state index contributed by atoms with van der Waals surface area (Å²) < 4.78 is 28.4. The SMILES string of the molecule is C=CC[C@@H](O)[C@@H](OCOC)[C@@H]1O[C@@H]([C@H](C)OC(C)=O)C[C@@H]1OCc1ccccc1. The van der Waals surface area contributed by atoms with Crippen molar-refractivity contribution in [1.82, 2.24) is 0 Å². The normalized spacial score (nSPS) is 24.6. The molecule has 0 saturated carbocycles. The molecule has 0 radical (unpaired) electrons. The van der Waals surface area contributed by atoms with Crippen LogP contribution in [0.25, 0.3) is 0 Å². The summed E-state index contributed by atoms with van der Waals surface area (Å²) in [5.74, 6) is -0.370. The summed E-state index contributed by atoms with van der Waals surface area (Å²) in [6.45, 7) is 7.24. The first-order valence-corrected chi connectivity index (χ1v) is 9.84. The Morgan fingerprint density at radius 1 is 1.38 bits per heavy atom.